The summed E-state index contributed by atoms with van der Waals surface area (Å²) in [6.45, 7) is 8.29. The summed E-state index contributed by atoms with van der Waals surface area (Å²) >= 11 is 0. The van der Waals surface area contributed by atoms with Gasteiger partial charge in [0.2, 0.25) is 0 Å². The first-order valence-corrected chi connectivity index (χ1v) is 6.77. The molecule has 1 heterocycles. The lowest BCUT2D eigenvalue weighted by Crippen LogP contribution is -2.23. The molecule has 0 aromatic carbocycles. The largest absolute Gasteiger partial charge is 0.314 e. The van der Waals surface area contributed by atoms with Crippen LogP contribution in [0.5, 0.6) is 0 Å². The molecule has 0 radical (unpaired) electrons. The summed E-state index contributed by atoms with van der Waals surface area (Å²) in [7, 11) is 0. The molecule has 1 fully saturated rings. The van der Waals surface area contributed by atoms with Crippen LogP contribution >= 0.6 is 0 Å². The number of nitrogens with zero attached hydrogens (tertiary/aromatic N) is 2. The number of aryl methyl sites for hydroxylation is 2. The molecule has 0 saturated heterocycles. The van der Waals surface area contributed by atoms with Crippen LogP contribution in [0.2, 0.25) is 0 Å². The third-order valence-corrected chi connectivity index (χ3v) is 3.13. The molecule has 0 amide bonds. The molecule has 0 unspecified atom stereocenters. The molecule has 1 aromatic heterocycles. The van der Waals surface area contributed by atoms with Crippen LogP contribution in [0.25, 0.3) is 0 Å². The van der Waals surface area contributed by atoms with E-state index in [4.69, 9.17) is 0 Å². The maximum absolute atomic E-state index is 4.44. The van der Waals surface area contributed by atoms with E-state index in [2.05, 4.69) is 40.3 Å². The van der Waals surface area contributed by atoms with Gasteiger partial charge in [-0.2, -0.15) is 5.10 Å². The molecule has 1 saturated carbocycles. The van der Waals surface area contributed by atoms with Crippen LogP contribution in [0.1, 0.15) is 37.6 Å². The summed E-state index contributed by atoms with van der Waals surface area (Å²) in [5.74, 6) is 0. The van der Waals surface area contributed by atoms with Gasteiger partial charge in [0.25, 0.3) is 0 Å². The lowest BCUT2D eigenvalue weighted by molar-refractivity contribution is 0.556. The van der Waals surface area contributed by atoms with Crippen LogP contribution in [-0.4, -0.2) is 28.9 Å². The number of hydrogen-bond acceptors (Lipinski definition) is 3. The lowest BCUT2D eigenvalue weighted by atomic mass is 10.3. The lowest BCUT2D eigenvalue weighted by Gasteiger charge is -2.07. The fourth-order valence-electron chi connectivity index (χ4n) is 2.04. The van der Waals surface area contributed by atoms with Crippen LogP contribution in [0.15, 0.2) is 6.07 Å². The second-order valence-electron chi connectivity index (χ2n) is 4.85. The Balaban J connectivity index is 1.59. The van der Waals surface area contributed by atoms with E-state index in [1.807, 2.05) is 0 Å². The molecule has 4 nitrogen and oxygen atoms in total. The minimum atomic E-state index is 0.833. The molecule has 2 rings (SSSR count). The van der Waals surface area contributed by atoms with Crippen molar-refractivity contribution in [2.24, 2.45) is 0 Å². The Kier molecular flexibility index (Phi) is 4.57. The van der Waals surface area contributed by atoms with Crippen molar-refractivity contribution in [1.82, 2.24) is 20.4 Å². The molecule has 2 N–H and O–H groups in total. The van der Waals surface area contributed by atoms with Crippen molar-refractivity contribution in [3.05, 3.63) is 17.5 Å². The number of nitrogens with one attached hydrogen (secondary N) is 2. The molecule has 1 aromatic rings. The zero-order valence-corrected chi connectivity index (χ0v) is 11.0. The summed E-state index contributed by atoms with van der Waals surface area (Å²) in [6, 6.07) is 3.00. The monoisotopic (exact) mass is 236 g/mol. The van der Waals surface area contributed by atoms with Gasteiger partial charge in [-0.1, -0.05) is 0 Å². The van der Waals surface area contributed by atoms with Crippen LogP contribution in [0.3, 0.4) is 0 Å². The molecule has 17 heavy (non-hydrogen) atoms. The Morgan fingerprint density at radius 3 is 2.94 bits per heavy atom. The average Bonchev–Trinajstić information content (AvgIpc) is 3.07. The highest BCUT2D eigenvalue weighted by atomic mass is 15.3. The summed E-state index contributed by atoms with van der Waals surface area (Å²) in [6.07, 6.45) is 3.96. The maximum Gasteiger partial charge on any atom is 0.0597 e. The molecule has 4 heteroatoms. The Morgan fingerprint density at radius 1 is 1.41 bits per heavy atom. The van der Waals surface area contributed by atoms with E-state index in [1.165, 1.54) is 25.0 Å². The van der Waals surface area contributed by atoms with Gasteiger partial charge in [0.1, 0.15) is 0 Å². The van der Waals surface area contributed by atoms with Crippen molar-refractivity contribution in [2.75, 3.05) is 13.1 Å². The average molecular weight is 236 g/mol. The van der Waals surface area contributed by atoms with Crippen LogP contribution in [0, 0.1) is 6.92 Å². The second-order valence-corrected chi connectivity index (χ2v) is 4.85. The highest BCUT2D eigenvalue weighted by Gasteiger charge is 2.19. The summed E-state index contributed by atoms with van der Waals surface area (Å²) in [5, 5.41) is 11.4. The van der Waals surface area contributed by atoms with Crippen molar-refractivity contribution < 1.29 is 0 Å². The predicted octanol–water partition coefficient (Wildman–Crippen LogP) is 1.44. The Morgan fingerprint density at radius 2 is 2.24 bits per heavy atom. The second kappa shape index (κ2) is 6.17. The molecule has 0 spiro atoms. The van der Waals surface area contributed by atoms with Gasteiger partial charge in [-0.25, -0.2) is 0 Å². The molecule has 96 valence electrons. The van der Waals surface area contributed by atoms with Gasteiger partial charge in [0.05, 0.1) is 11.4 Å². The fraction of sp³-hybridized carbons (Fsp3) is 0.769. The Labute approximate surface area is 104 Å². The van der Waals surface area contributed by atoms with Gasteiger partial charge >= 0.3 is 0 Å². The number of aromatic nitrogens is 2. The van der Waals surface area contributed by atoms with Gasteiger partial charge in [0, 0.05) is 19.1 Å². The molecular formula is C13H24N4. The van der Waals surface area contributed by atoms with Gasteiger partial charge < -0.3 is 10.6 Å². The Hall–Kier alpha value is -0.870. The van der Waals surface area contributed by atoms with E-state index < -0.39 is 0 Å². The zero-order chi connectivity index (χ0) is 12.1. The van der Waals surface area contributed by atoms with Crippen LogP contribution in [-0.2, 0) is 13.1 Å². The quantitative estimate of drug-likeness (QED) is 0.671. The summed E-state index contributed by atoms with van der Waals surface area (Å²) in [4.78, 5) is 0. The van der Waals surface area contributed by atoms with E-state index >= 15 is 0 Å². The topological polar surface area (TPSA) is 41.9 Å². The van der Waals surface area contributed by atoms with Crippen molar-refractivity contribution in [3.8, 4) is 0 Å². The molecule has 1 aliphatic rings. The van der Waals surface area contributed by atoms with Crippen LogP contribution < -0.4 is 10.6 Å². The number of rotatable bonds is 8. The summed E-state index contributed by atoms with van der Waals surface area (Å²) in [5.41, 5.74) is 2.40. The van der Waals surface area contributed by atoms with Gasteiger partial charge in [-0.3, -0.25) is 4.68 Å². The van der Waals surface area contributed by atoms with Gasteiger partial charge in [-0.05, 0) is 52.3 Å². The smallest absolute Gasteiger partial charge is 0.0597 e. The minimum Gasteiger partial charge on any atom is -0.314 e. The van der Waals surface area contributed by atoms with E-state index in [9.17, 15) is 0 Å². The van der Waals surface area contributed by atoms with E-state index in [-0.39, 0.29) is 0 Å². The minimum absolute atomic E-state index is 0.833. The molecular weight excluding hydrogens is 212 g/mol. The summed E-state index contributed by atoms with van der Waals surface area (Å²) < 4.78 is 2.07. The highest BCUT2D eigenvalue weighted by molar-refractivity contribution is 5.08. The first kappa shape index (κ1) is 12.6. The van der Waals surface area contributed by atoms with E-state index in [0.717, 1.165) is 37.9 Å². The van der Waals surface area contributed by atoms with Gasteiger partial charge in [0.15, 0.2) is 0 Å². The van der Waals surface area contributed by atoms with E-state index in [1.54, 1.807) is 0 Å². The van der Waals surface area contributed by atoms with Crippen molar-refractivity contribution in [3.63, 3.8) is 0 Å². The first-order chi connectivity index (χ1) is 8.29. The standard InChI is InChI=1S/C13H24N4/c1-3-17-13(9-11(2)16-17)10-14-7-4-8-15-12-5-6-12/h9,12,14-15H,3-8,10H2,1-2H3. The van der Waals surface area contributed by atoms with E-state index in [0.29, 0.717) is 0 Å². The van der Waals surface area contributed by atoms with Crippen molar-refractivity contribution in [1.29, 1.82) is 0 Å². The normalized spacial score (nSPS) is 15.4. The number of hydrogen-bond donors (Lipinski definition) is 2. The van der Waals surface area contributed by atoms with Crippen LogP contribution in [0.4, 0.5) is 0 Å². The first-order valence-electron chi connectivity index (χ1n) is 6.77. The predicted molar refractivity (Wildman–Crippen MR) is 70.0 cm³/mol. The fourth-order valence-corrected chi connectivity index (χ4v) is 2.04. The zero-order valence-electron chi connectivity index (χ0n) is 11.0. The molecule has 1 aliphatic carbocycles. The van der Waals surface area contributed by atoms with Gasteiger partial charge in [-0.15, -0.1) is 0 Å². The highest BCUT2D eigenvalue weighted by Crippen LogP contribution is 2.18. The molecule has 0 bridgehead atoms. The SMILES string of the molecule is CCn1nc(C)cc1CNCCCNC1CC1. The maximum atomic E-state index is 4.44. The molecule has 0 aliphatic heterocycles. The van der Waals surface area contributed by atoms with Crippen molar-refractivity contribution >= 4 is 0 Å². The third kappa shape index (κ3) is 4.13. The molecule has 0 atom stereocenters. The Bertz CT molecular complexity index is 341. The third-order valence-electron chi connectivity index (χ3n) is 3.13. The van der Waals surface area contributed by atoms with Crippen molar-refractivity contribution in [2.45, 2.75) is 52.2 Å².